The summed E-state index contributed by atoms with van der Waals surface area (Å²) in [6.07, 6.45) is 5.87. The highest BCUT2D eigenvalue weighted by Crippen LogP contribution is 2.28. The Bertz CT molecular complexity index is 551. The van der Waals surface area contributed by atoms with Crippen molar-refractivity contribution in [1.29, 1.82) is 0 Å². The number of hydrogen-bond donors (Lipinski definition) is 2. The van der Waals surface area contributed by atoms with Crippen molar-refractivity contribution in [3.8, 4) is 0 Å². The van der Waals surface area contributed by atoms with E-state index in [1.165, 1.54) is 37.6 Å². The normalized spacial score (nSPS) is 16.0. The molecule has 0 radical (unpaired) electrons. The first kappa shape index (κ1) is 14.4. The van der Waals surface area contributed by atoms with Gasteiger partial charge in [-0.05, 0) is 24.5 Å². The summed E-state index contributed by atoms with van der Waals surface area (Å²) in [4.78, 5) is 4.22. The minimum atomic E-state index is -3.48. The number of sulfonamides is 1. The van der Waals surface area contributed by atoms with Crippen LogP contribution in [0.2, 0.25) is 0 Å². The van der Waals surface area contributed by atoms with Crippen LogP contribution in [0, 0.1) is 5.92 Å². The van der Waals surface area contributed by atoms with E-state index < -0.39 is 10.0 Å². The fraction of sp³-hybridized carbons (Fsp3) is 0.500. The molecule has 1 aliphatic carbocycles. The van der Waals surface area contributed by atoms with Gasteiger partial charge in [-0.15, -0.1) is 0 Å². The molecule has 0 aromatic carbocycles. The number of nitrogens with one attached hydrogen (secondary N) is 1. The third kappa shape index (κ3) is 3.71. The van der Waals surface area contributed by atoms with Crippen LogP contribution >= 0.6 is 12.2 Å². The maximum absolute atomic E-state index is 12.0. The van der Waals surface area contributed by atoms with Gasteiger partial charge >= 0.3 is 0 Å². The monoisotopic (exact) mass is 299 g/mol. The molecule has 0 saturated heterocycles. The highest BCUT2D eigenvalue weighted by Gasteiger charge is 2.19. The van der Waals surface area contributed by atoms with E-state index in [9.17, 15) is 8.42 Å². The Labute approximate surface area is 118 Å². The van der Waals surface area contributed by atoms with Gasteiger partial charge in [0.15, 0.2) is 0 Å². The molecule has 1 aliphatic rings. The van der Waals surface area contributed by atoms with Crippen LogP contribution in [0.1, 0.15) is 31.4 Å². The second kappa shape index (κ2) is 5.94. The van der Waals surface area contributed by atoms with Gasteiger partial charge in [-0.3, -0.25) is 4.98 Å². The van der Waals surface area contributed by atoms with Gasteiger partial charge in [0.2, 0.25) is 10.0 Å². The number of nitrogens with two attached hydrogens (primary N) is 1. The molecule has 1 fully saturated rings. The largest absolute Gasteiger partial charge is 0.388 e. The third-order valence-corrected chi connectivity index (χ3v) is 5.02. The number of nitrogens with zero attached hydrogens (tertiary/aromatic N) is 1. The van der Waals surface area contributed by atoms with E-state index in [0.717, 1.165) is 6.42 Å². The van der Waals surface area contributed by atoms with Gasteiger partial charge in [-0.1, -0.05) is 31.5 Å². The lowest BCUT2D eigenvalue weighted by molar-refractivity contribution is 0.297. The summed E-state index contributed by atoms with van der Waals surface area (Å²) in [5.74, 6) is 0.679. The van der Waals surface area contributed by atoms with Crippen LogP contribution in [0.25, 0.3) is 0 Å². The SMILES string of the molecule is NC(=S)c1ccc(S(=O)(=O)NCCC2CCC2)cn1. The number of rotatable bonds is 6. The lowest BCUT2D eigenvalue weighted by Gasteiger charge is -2.25. The van der Waals surface area contributed by atoms with Crippen molar-refractivity contribution in [2.24, 2.45) is 11.7 Å². The van der Waals surface area contributed by atoms with E-state index in [4.69, 9.17) is 18.0 Å². The van der Waals surface area contributed by atoms with Crippen LogP contribution < -0.4 is 10.5 Å². The molecule has 0 spiro atoms. The molecule has 3 N–H and O–H groups in total. The highest BCUT2D eigenvalue weighted by molar-refractivity contribution is 7.89. The summed E-state index contributed by atoms with van der Waals surface area (Å²) < 4.78 is 26.6. The zero-order valence-corrected chi connectivity index (χ0v) is 12.1. The van der Waals surface area contributed by atoms with Gasteiger partial charge in [-0.2, -0.15) is 0 Å². The van der Waals surface area contributed by atoms with Gasteiger partial charge in [0.25, 0.3) is 0 Å². The lowest BCUT2D eigenvalue weighted by atomic mass is 9.83. The van der Waals surface area contributed by atoms with Gasteiger partial charge in [0.05, 0.1) is 5.69 Å². The molecule has 0 unspecified atom stereocenters. The number of pyridine rings is 1. The van der Waals surface area contributed by atoms with E-state index >= 15 is 0 Å². The Morgan fingerprint density at radius 2 is 2.21 bits per heavy atom. The van der Waals surface area contributed by atoms with Crippen molar-refractivity contribution in [1.82, 2.24) is 9.71 Å². The van der Waals surface area contributed by atoms with Crippen molar-refractivity contribution in [3.05, 3.63) is 24.0 Å². The molecule has 5 nitrogen and oxygen atoms in total. The highest BCUT2D eigenvalue weighted by atomic mass is 32.2. The molecule has 2 rings (SSSR count). The summed E-state index contributed by atoms with van der Waals surface area (Å²) >= 11 is 4.77. The zero-order chi connectivity index (χ0) is 13.9. The molecule has 104 valence electrons. The van der Waals surface area contributed by atoms with Crippen LogP contribution in [0.3, 0.4) is 0 Å². The number of thiocarbonyl (C=S) groups is 1. The summed E-state index contributed by atoms with van der Waals surface area (Å²) in [6.45, 7) is 0.476. The first-order valence-electron chi connectivity index (χ1n) is 6.24. The average Bonchev–Trinajstić information content (AvgIpc) is 2.32. The number of hydrogen-bond acceptors (Lipinski definition) is 4. The Morgan fingerprint density at radius 3 is 2.68 bits per heavy atom. The average molecular weight is 299 g/mol. The van der Waals surface area contributed by atoms with Crippen LogP contribution in [0.4, 0.5) is 0 Å². The first-order chi connectivity index (χ1) is 8.99. The predicted molar refractivity (Wildman–Crippen MR) is 77.3 cm³/mol. The van der Waals surface area contributed by atoms with Crippen molar-refractivity contribution < 1.29 is 8.42 Å². The van der Waals surface area contributed by atoms with E-state index in [1.54, 1.807) is 0 Å². The fourth-order valence-corrected chi connectivity index (χ4v) is 3.06. The molecular weight excluding hydrogens is 282 g/mol. The van der Waals surface area contributed by atoms with Gasteiger partial charge in [0, 0.05) is 12.7 Å². The van der Waals surface area contributed by atoms with Crippen molar-refractivity contribution >= 4 is 27.2 Å². The molecule has 1 aromatic rings. The van der Waals surface area contributed by atoms with Crippen molar-refractivity contribution in [2.75, 3.05) is 6.54 Å². The van der Waals surface area contributed by atoms with Crippen LogP contribution in [-0.2, 0) is 10.0 Å². The summed E-state index contributed by atoms with van der Waals surface area (Å²) in [5.41, 5.74) is 5.83. The van der Waals surface area contributed by atoms with Crippen LogP contribution in [0.15, 0.2) is 23.2 Å². The molecule has 0 bridgehead atoms. The quantitative estimate of drug-likeness (QED) is 0.771. The molecule has 7 heteroatoms. The Hall–Kier alpha value is -1.05. The molecule has 1 saturated carbocycles. The third-order valence-electron chi connectivity index (χ3n) is 3.37. The Balaban J connectivity index is 1.95. The molecule has 0 amide bonds. The minimum Gasteiger partial charge on any atom is -0.388 e. The summed E-state index contributed by atoms with van der Waals surface area (Å²) in [6, 6.07) is 2.98. The summed E-state index contributed by atoms with van der Waals surface area (Å²) in [7, 11) is -3.48. The molecular formula is C12H17N3O2S2. The predicted octanol–water partition coefficient (Wildman–Crippen LogP) is 1.18. The van der Waals surface area contributed by atoms with E-state index in [2.05, 4.69) is 9.71 Å². The van der Waals surface area contributed by atoms with E-state index in [-0.39, 0.29) is 9.88 Å². The Kier molecular flexibility index (Phi) is 4.49. The van der Waals surface area contributed by atoms with Crippen molar-refractivity contribution in [2.45, 2.75) is 30.6 Å². The Morgan fingerprint density at radius 1 is 1.47 bits per heavy atom. The maximum atomic E-state index is 12.0. The van der Waals surface area contributed by atoms with E-state index in [1.807, 2.05) is 0 Å². The standard InChI is InChI=1S/C12H17N3O2S2/c13-12(18)11-5-4-10(8-14-11)19(16,17)15-7-6-9-2-1-3-9/h4-5,8-9,15H,1-3,6-7H2,(H2,13,18). The smallest absolute Gasteiger partial charge is 0.242 e. The van der Waals surface area contributed by atoms with Crippen LogP contribution in [0.5, 0.6) is 0 Å². The van der Waals surface area contributed by atoms with E-state index in [0.29, 0.717) is 18.2 Å². The van der Waals surface area contributed by atoms with Gasteiger partial charge < -0.3 is 5.73 Å². The summed E-state index contributed by atoms with van der Waals surface area (Å²) in [5, 5.41) is 0. The molecule has 1 aromatic heterocycles. The first-order valence-corrected chi connectivity index (χ1v) is 8.14. The fourth-order valence-electron chi connectivity index (χ4n) is 1.95. The molecule has 19 heavy (non-hydrogen) atoms. The molecule has 1 heterocycles. The minimum absolute atomic E-state index is 0.140. The topological polar surface area (TPSA) is 85.1 Å². The lowest BCUT2D eigenvalue weighted by Crippen LogP contribution is -2.27. The zero-order valence-electron chi connectivity index (χ0n) is 10.5. The number of aromatic nitrogens is 1. The van der Waals surface area contributed by atoms with Gasteiger partial charge in [0.1, 0.15) is 9.88 Å². The maximum Gasteiger partial charge on any atom is 0.242 e. The molecule has 0 aliphatic heterocycles. The second-order valence-electron chi connectivity index (χ2n) is 4.73. The second-order valence-corrected chi connectivity index (χ2v) is 6.93. The van der Waals surface area contributed by atoms with Crippen LogP contribution in [-0.4, -0.2) is 24.9 Å². The van der Waals surface area contributed by atoms with Crippen molar-refractivity contribution in [3.63, 3.8) is 0 Å². The molecule has 0 atom stereocenters. The van der Waals surface area contributed by atoms with Gasteiger partial charge in [-0.25, -0.2) is 13.1 Å².